The molecule has 0 radical (unpaired) electrons. The van der Waals surface area contributed by atoms with Gasteiger partial charge in [-0.2, -0.15) is 0 Å². The number of phenolic OH excluding ortho intramolecular Hbond substituents is 2. The Morgan fingerprint density at radius 3 is 2.33 bits per heavy atom. The Bertz CT molecular complexity index is 1700. The molecular formula is C32H28O8. The maximum absolute atomic E-state index is 13.9. The highest BCUT2D eigenvalue weighted by Gasteiger charge is 2.53. The molecule has 40 heavy (non-hydrogen) atoms. The zero-order chi connectivity index (χ0) is 28.7. The Morgan fingerprint density at radius 1 is 0.875 bits per heavy atom. The molecule has 8 nitrogen and oxygen atoms in total. The molecule has 3 aromatic rings. The van der Waals surface area contributed by atoms with Crippen molar-refractivity contribution in [3.05, 3.63) is 98.1 Å². The number of rotatable bonds is 3. The highest BCUT2D eigenvalue weighted by molar-refractivity contribution is 6.30. The van der Waals surface area contributed by atoms with Crippen LogP contribution in [0.2, 0.25) is 0 Å². The molecule has 2 aliphatic carbocycles. The van der Waals surface area contributed by atoms with Crippen molar-refractivity contribution in [2.24, 2.45) is 0 Å². The Kier molecular flexibility index (Phi) is 5.76. The first-order valence-electron chi connectivity index (χ1n) is 13.0. The second-order valence-electron chi connectivity index (χ2n) is 10.5. The number of carbonyl (C=O) groups is 3. The van der Waals surface area contributed by atoms with E-state index in [1.165, 1.54) is 26.4 Å². The van der Waals surface area contributed by atoms with Crippen LogP contribution in [0, 0.1) is 6.92 Å². The Labute approximate surface area is 230 Å². The van der Waals surface area contributed by atoms with Crippen LogP contribution >= 0.6 is 0 Å². The van der Waals surface area contributed by atoms with Gasteiger partial charge in [-0.1, -0.05) is 18.2 Å². The minimum atomic E-state index is -1.50. The van der Waals surface area contributed by atoms with E-state index in [1.807, 2.05) is 6.92 Å². The minimum Gasteiger partial charge on any atom is -0.507 e. The molecule has 1 aliphatic heterocycles. The van der Waals surface area contributed by atoms with Gasteiger partial charge in [0.05, 0.1) is 36.0 Å². The van der Waals surface area contributed by atoms with Gasteiger partial charge in [-0.15, -0.1) is 0 Å². The fourth-order valence-corrected chi connectivity index (χ4v) is 6.69. The van der Waals surface area contributed by atoms with Gasteiger partial charge in [-0.3, -0.25) is 14.4 Å². The number of fused-ring (bicyclic) bond motifs is 3. The molecule has 0 saturated heterocycles. The molecule has 2 N–H and O–H groups in total. The van der Waals surface area contributed by atoms with Gasteiger partial charge in [0.15, 0.2) is 11.6 Å². The van der Waals surface area contributed by atoms with E-state index in [4.69, 9.17) is 14.2 Å². The van der Waals surface area contributed by atoms with Crippen molar-refractivity contribution < 1.29 is 38.8 Å². The molecule has 0 amide bonds. The number of aromatic hydroxyl groups is 2. The number of benzene rings is 3. The molecule has 0 saturated carbocycles. The monoisotopic (exact) mass is 540 g/mol. The van der Waals surface area contributed by atoms with E-state index in [9.17, 15) is 24.6 Å². The van der Waals surface area contributed by atoms with Gasteiger partial charge in [-0.05, 0) is 62.6 Å². The van der Waals surface area contributed by atoms with E-state index in [-0.39, 0.29) is 51.0 Å². The van der Waals surface area contributed by atoms with Crippen LogP contribution in [0.3, 0.4) is 0 Å². The van der Waals surface area contributed by atoms with Crippen molar-refractivity contribution in [1.82, 2.24) is 0 Å². The highest BCUT2D eigenvalue weighted by Crippen LogP contribution is 2.55. The molecule has 3 atom stereocenters. The summed E-state index contributed by atoms with van der Waals surface area (Å²) in [7, 11) is 2.95. The van der Waals surface area contributed by atoms with Gasteiger partial charge in [0.1, 0.15) is 22.8 Å². The van der Waals surface area contributed by atoms with Crippen molar-refractivity contribution in [3.8, 4) is 17.2 Å². The first-order valence-corrected chi connectivity index (χ1v) is 13.0. The number of phenols is 2. The number of methoxy groups -OCH3 is 2. The maximum Gasteiger partial charge on any atom is 0.201 e. The van der Waals surface area contributed by atoms with Crippen LogP contribution in [0.5, 0.6) is 17.2 Å². The van der Waals surface area contributed by atoms with E-state index in [2.05, 4.69) is 0 Å². The summed E-state index contributed by atoms with van der Waals surface area (Å²) < 4.78 is 17.9. The standard InChI is InChI=1S/C32H28O8/c1-14-11-18-25(22(33)12-14)31(37)26-17(28(18)34)9-10-20(29(26)35)32(39-5)19-7-6-8-23(38-4)27(19)30(36)24-16(3)40-15(2)13-21(24)32/h6-12,15-16,33,35H,13H2,1-5H3. The summed E-state index contributed by atoms with van der Waals surface area (Å²) in [5.41, 5.74) is 0.771. The van der Waals surface area contributed by atoms with E-state index < -0.39 is 29.0 Å². The largest absolute Gasteiger partial charge is 0.507 e. The Balaban J connectivity index is 1.70. The van der Waals surface area contributed by atoms with Crippen LogP contribution in [0.4, 0.5) is 0 Å². The second-order valence-corrected chi connectivity index (χ2v) is 10.5. The molecule has 0 aromatic heterocycles. The molecule has 0 bridgehead atoms. The topological polar surface area (TPSA) is 119 Å². The normalized spacial score (nSPS) is 23.4. The van der Waals surface area contributed by atoms with Crippen molar-refractivity contribution in [2.45, 2.75) is 45.0 Å². The highest BCUT2D eigenvalue weighted by atomic mass is 16.5. The van der Waals surface area contributed by atoms with Gasteiger partial charge < -0.3 is 24.4 Å². The van der Waals surface area contributed by atoms with Crippen LogP contribution in [-0.4, -0.2) is 54.0 Å². The molecule has 1 heterocycles. The van der Waals surface area contributed by atoms with Crippen LogP contribution in [0.15, 0.2) is 53.6 Å². The van der Waals surface area contributed by atoms with E-state index >= 15 is 0 Å². The van der Waals surface area contributed by atoms with Crippen LogP contribution in [-0.2, 0) is 15.1 Å². The van der Waals surface area contributed by atoms with E-state index in [1.54, 1.807) is 44.2 Å². The first-order chi connectivity index (χ1) is 19.1. The quantitative estimate of drug-likeness (QED) is 0.381. The number of ketones is 3. The number of hydrogen-bond acceptors (Lipinski definition) is 8. The fraction of sp³-hybridized carbons (Fsp3) is 0.281. The molecule has 204 valence electrons. The maximum atomic E-state index is 13.9. The van der Waals surface area contributed by atoms with Crippen LogP contribution < -0.4 is 4.74 Å². The average Bonchev–Trinajstić information content (AvgIpc) is 2.91. The lowest BCUT2D eigenvalue weighted by Gasteiger charge is -2.46. The molecule has 6 rings (SSSR count). The molecule has 3 aliphatic rings. The summed E-state index contributed by atoms with van der Waals surface area (Å²) in [6.07, 6.45) is -0.519. The lowest BCUT2D eigenvalue weighted by Crippen LogP contribution is -2.45. The number of aryl methyl sites for hydroxylation is 1. The van der Waals surface area contributed by atoms with Gasteiger partial charge >= 0.3 is 0 Å². The molecule has 8 heteroatoms. The summed E-state index contributed by atoms with van der Waals surface area (Å²) >= 11 is 0. The van der Waals surface area contributed by atoms with Crippen LogP contribution in [0.1, 0.15) is 79.2 Å². The zero-order valence-corrected chi connectivity index (χ0v) is 22.7. The number of ether oxygens (including phenoxy) is 3. The molecule has 0 fully saturated rings. The predicted molar refractivity (Wildman–Crippen MR) is 145 cm³/mol. The Hall–Kier alpha value is -4.27. The van der Waals surface area contributed by atoms with Gasteiger partial charge in [-0.25, -0.2) is 0 Å². The summed E-state index contributed by atoms with van der Waals surface area (Å²) in [5, 5.41) is 22.5. The summed E-state index contributed by atoms with van der Waals surface area (Å²) in [4.78, 5) is 41.2. The lowest BCUT2D eigenvalue weighted by atomic mass is 9.66. The van der Waals surface area contributed by atoms with Crippen molar-refractivity contribution >= 4 is 17.3 Å². The van der Waals surface area contributed by atoms with E-state index in [0.29, 0.717) is 34.4 Å². The smallest absolute Gasteiger partial charge is 0.201 e. The first kappa shape index (κ1) is 26.0. The Morgan fingerprint density at radius 2 is 1.62 bits per heavy atom. The summed E-state index contributed by atoms with van der Waals surface area (Å²) in [6.45, 7) is 5.40. The van der Waals surface area contributed by atoms with Crippen molar-refractivity contribution in [1.29, 1.82) is 0 Å². The zero-order valence-electron chi connectivity index (χ0n) is 22.7. The third-order valence-corrected chi connectivity index (χ3v) is 8.25. The number of Topliss-reactive ketones (excluding diaryl/α,β-unsaturated/α-hetero) is 1. The van der Waals surface area contributed by atoms with Crippen molar-refractivity contribution in [3.63, 3.8) is 0 Å². The lowest BCUT2D eigenvalue weighted by molar-refractivity contribution is -0.0132. The number of hydrogen-bond donors (Lipinski definition) is 2. The molecule has 3 unspecified atom stereocenters. The molecule has 0 spiro atoms. The van der Waals surface area contributed by atoms with Crippen LogP contribution in [0.25, 0.3) is 0 Å². The molecule has 3 aromatic carbocycles. The minimum absolute atomic E-state index is 0.0238. The van der Waals surface area contributed by atoms with Crippen molar-refractivity contribution in [2.75, 3.05) is 14.2 Å². The predicted octanol–water partition coefficient (Wildman–Crippen LogP) is 4.77. The molecular weight excluding hydrogens is 512 g/mol. The second kappa shape index (κ2) is 8.87. The SMILES string of the molecule is COc1cccc2c1C(=O)C1=C(CC(C)OC1C)C2(OC)c1ccc2c(c1O)C(=O)c1c(O)cc(C)cc1C2=O. The third kappa shape index (κ3) is 3.23. The average molecular weight is 541 g/mol. The van der Waals surface area contributed by atoms with Gasteiger partial charge in [0.25, 0.3) is 0 Å². The summed E-state index contributed by atoms with van der Waals surface area (Å²) in [5.74, 6) is -1.86. The van der Waals surface area contributed by atoms with Gasteiger partial charge in [0, 0.05) is 34.9 Å². The van der Waals surface area contributed by atoms with Gasteiger partial charge in [0.2, 0.25) is 5.78 Å². The van der Waals surface area contributed by atoms with E-state index in [0.717, 1.165) is 0 Å². The third-order valence-electron chi connectivity index (χ3n) is 8.25. The summed E-state index contributed by atoms with van der Waals surface area (Å²) in [6, 6.07) is 11.2. The number of carbonyl (C=O) groups excluding carboxylic acids is 3. The fourth-order valence-electron chi connectivity index (χ4n) is 6.69.